The predicted octanol–water partition coefficient (Wildman–Crippen LogP) is 5.46. The van der Waals surface area contributed by atoms with Gasteiger partial charge in [-0.05, 0) is 59.5 Å². The summed E-state index contributed by atoms with van der Waals surface area (Å²) in [5.41, 5.74) is 3.83. The molecule has 2 unspecified atom stereocenters. The molecule has 5 nitrogen and oxygen atoms in total. The SMILES string of the molecule is C=CCC1C(=O)N(Cc2ccc(OC)cc2)CC1COc1ccc(-c2ccc(C#N)cc2)cc1. The first-order chi connectivity index (χ1) is 16.6. The highest BCUT2D eigenvalue weighted by atomic mass is 16.5. The standard InChI is InChI=1S/C29H28N2O3/c1-3-4-28-25(19-31(29(28)32)18-22-7-13-26(33-2)14-8-22)20-34-27-15-11-24(12-16-27)23-9-5-21(17-30)6-10-23/h3,5-16,25,28H,1,4,18-20H2,2H3. The van der Waals surface area contributed by atoms with Gasteiger partial charge >= 0.3 is 0 Å². The lowest BCUT2D eigenvalue weighted by molar-refractivity contribution is -0.131. The molecular formula is C29H28N2O3. The number of rotatable bonds is 9. The molecule has 34 heavy (non-hydrogen) atoms. The molecule has 1 heterocycles. The van der Waals surface area contributed by atoms with Crippen LogP contribution in [0, 0.1) is 23.2 Å². The van der Waals surface area contributed by atoms with Gasteiger partial charge in [0.2, 0.25) is 5.91 Å². The Morgan fingerprint density at radius 1 is 1.00 bits per heavy atom. The summed E-state index contributed by atoms with van der Waals surface area (Å²) >= 11 is 0. The van der Waals surface area contributed by atoms with Crippen LogP contribution < -0.4 is 9.47 Å². The zero-order chi connectivity index (χ0) is 23.9. The smallest absolute Gasteiger partial charge is 0.226 e. The Hall–Kier alpha value is -4.04. The van der Waals surface area contributed by atoms with Crippen molar-refractivity contribution in [3.63, 3.8) is 0 Å². The number of hydrogen-bond donors (Lipinski definition) is 0. The highest BCUT2D eigenvalue weighted by molar-refractivity contribution is 5.81. The lowest BCUT2D eigenvalue weighted by Crippen LogP contribution is -2.26. The number of nitriles is 1. The fourth-order valence-corrected chi connectivity index (χ4v) is 4.36. The molecule has 2 atom stereocenters. The third kappa shape index (κ3) is 5.29. The highest BCUT2D eigenvalue weighted by Gasteiger charge is 2.39. The fourth-order valence-electron chi connectivity index (χ4n) is 4.36. The quantitative estimate of drug-likeness (QED) is 0.404. The van der Waals surface area contributed by atoms with Crippen LogP contribution in [-0.2, 0) is 11.3 Å². The van der Waals surface area contributed by atoms with E-state index in [9.17, 15) is 4.79 Å². The normalized spacial score (nSPS) is 17.3. The minimum Gasteiger partial charge on any atom is -0.497 e. The average Bonchev–Trinajstić information content (AvgIpc) is 3.18. The Morgan fingerprint density at radius 3 is 2.21 bits per heavy atom. The number of amides is 1. The van der Waals surface area contributed by atoms with E-state index in [0.717, 1.165) is 28.2 Å². The van der Waals surface area contributed by atoms with Crippen molar-refractivity contribution in [1.29, 1.82) is 5.26 Å². The van der Waals surface area contributed by atoms with E-state index < -0.39 is 0 Å². The first kappa shape index (κ1) is 23.1. The second-order valence-corrected chi connectivity index (χ2v) is 8.48. The molecule has 0 aliphatic carbocycles. The number of carbonyl (C=O) groups excluding carboxylic acids is 1. The molecule has 172 valence electrons. The summed E-state index contributed by atoms with van der Waals surface area (Å²) in [4.78, 5) is 15.0. The van der Waals surface area contributed by atoms with Gasteiger partial charge in [-0.2, -0.15) is 5.26 Å². The molecule has 1 fully saturated rings. The van der Waals surface area contributed by atoms with Crippen molar-refractivity contribution in [2.24, 2.45) is 11.8 Å². The maximum Gasteiger partial charge on any atom is 0.226 e. The highest BCUT2D eigenvalue weighted by Crippen LogP contribution is 2.31. The number of likely N-dealkylation sites (tertiary alicyclic amines) is 1. The summed E-state index contributed by atoms with van der Waals surface area (Å²) in [5, 5.41) is 8.96. The van der Waals surface area contributed by atoms with Gasteiger partial charge in [-0.15, -0.1) is 6.58 Å². The molecule has 3 aromatic carbocycles. The molecule has 5 heteroatoms. The minimum atomic E-state index is -0.117. The topological polar surface area (TPSA) is 62.6 Å². The molecule has 0 aromatic heterocycles. The Labute approximate surface area is 200 Å². The monoisotopic (exact) mass is 452 g/mol. The van der Waals surface area contributed by atoms with Crippen LogP contribution in [0.2, 0.25) is 0 Å². The van der Waals surface area contributed by atoms with Gasteiger partial charge < -0.3 is 14.4 Å². The Kier molecular flexibility index (Phi) is 7.29. The fraction of sp³-hybridized carbons (Fsp3) is 0.241. The number of carbonyl (C=O) groups is 1. The van der Waals surface area contributed by atoms with Crippen LogP contribution >= 0.6 is 0 Å². The zero-order valence-electron chi connectivity index (χ0n) is 19.3. The molecule has 3 aromatic rings. The van der Waals surface area contributed by atoms with Crippen molar-refractivity contribution in [3.05, 3.63) is 96.6 Å². The Bertz CT molecular complexity index is 1160. The van der Waals surface area contributed by atoms with Crippen molar-refractivity contribution in [2.45, 2.75) is 13.0 Å². The van der Waals surface area contributed by atoms with E-state index in [1.807, 2.05) is 83.8 Å². The van der Waals surface area contributed by atoms with Gasteiger partial charge in [-0.1, -0.05) is 42.5 Å². The first-order valence-corrected chi connectivity index (χ1v) is 11.4. The zero-order valence-corrected chi connectivity index (χ0v) is 19.3. The summed E-state index contributed by atoms with van der Waals surface area (Å²) in [7, 11) is 1.64. The van der Waals surface area contributed by atoms with Crippen LogP contribution in [0.1, 0.15) is 17.5 Å². The number of benzene rings is 3. The molecule has 1 aliphatic rings. The molecular weight excluding hydrogens is 424 g/mol. The molecule has 0 spiro atoms. The van der Waals surface area contributed by atoms with Crippen molar-refractivity contribution < 1.29 is 14.3 Å². The molecule has 1 aliphatic heterocycles. The average molecular weight is 453 g/mol. The largest absolute Gasteiger partial charge is 0.497 e. The number of hydrogen-bond acceptors (Lipinski definition) is 4. The van der Waals surface area contributed by atoms with E-state index in [0.29, 0.717) is 31.7 Å². The minimum absolute atomic E-state index is 0.0990. The molecule has 1 saturated heterocycles. The lowest BCUT2D eigenvalue weighted by atomic mass is 9.93. The van der Waals surface area contributed by atoms with Crippen molar-refractivity contribution >= 4 is 5.91 Å². The summed E-state index contributed by atoms with van der Waals surface area (Å²) in [6.45, 7) is 5.55. The molecule has 0 saturated carbocycles. The molecule has 0 radical (unpaired) electrons. The lowest BCUT2D eigenvalue weighted by Gasteiger charge is -2.17. The van der Waals surface area contributed by atoms with Gasteiger partial charge in [0.25, 0.3) is 0 Å². The third-order valence-corrected chi connectivity index (χ3v) is 6.27. The van der Waals surface area contributed by atoms with E-state index in [1.165, 1.54) is 0 Å². The van der Waals surface area contributed by atoms with Gasteiger partial charge in [0.1, 0.15) is 11.5 Å². The summed E-state index contributed by atoms with van der Waals surface area (Å²) in [5.74, 6) is 1.71. The van der Waals surface area contributed by atoms with Crippen LogP contribution in [0.15, 0.2) is 85.5 Å². The number of methoxy groups -OCH3 is 1. The van der Waals surface area contributed by atoms with Crippen LogP contribution in [-0.4, -0.2) is 31.1 Å². The number of ether oxygens (including phenoxy) is 2. The van der Waals surface area contributed by atoms with E-state index in [-0.39, 0.29) is 17.7 Å². The van der Waals surface area contributed by atoms with Gasteiger partial charge in [0.15, 0.2) is 0 Å². The molecule has 4 rings (SSSR count). The van der Waals surface area contributed by atoms with Crippen molar-refractivity contribution in [3.8, 4) is 28.7 Å². The second kappa shape index (κ2) is 10.7. The van der Waals surface area contributed by atoms with Crippen molar-refractivity contribution in [2.75, 3.05) is 20.3 Å². The van der Waals surface area contributed by atoms with Crippen LogP contribution in [0.25, 0.3) is 11.1 Å². The first-order valence-electron chi connectivity index (χ1n) is 11.4. The van der Waals surface area contributed by atoms with E-state index in [4.69, 9.17) is 14.7 Å². The third-order valence-electron chi connectivity index (χ3n) is 6.27. The summed E-state index contributed by atoms with van der Waals surface area (Å²) in [6, 6.07) is 25.4. The number of nitrogens with zero attached hydrogens (tertiary/aromatic N) is 2. The number of allylic oxidation sites excluding steroid dienone is 1. The van der Waals surface area contributed by atoms with E-state index in [2.05, 4.69) is 12.6 Å². The summed E-state index contributed by atoms with van der Waals surface area (Å²) < 4.78 is 11.3. The Balaban J connectivity index is 1.38. The molecule has 0 bridgehead atoms. The van der Waals surface area contributed by atoms with Crippen LogP contribution in [0.3, 0.4) is 0 Å². The van der Waals surface area contributed by atoms with Crippen LogP contribution in [0.4, 0.5) is 0 Å². The molecule has 1 amide bonds. The molecule has 0 N–H and O–H groups in total. The van der Waals surface area contributed by atoms with E-state index >= 15 is 0 Å². The van der Waals surface area contributed by atoms with Gasteiger partial charge in [0.05, 0.1) is 25.3 Å². The van der Waals surface area contributed by atoms with Gasteiger partial charge in [0, 0.05) is 24.9 Å². The van der Waals surface area contributed by atoms with Gasteiger partial charge in [-0.25, -0.2) is 0 Å². The van der Waals surface area contributed by atoms with Crippen molar-refractivity contribution in [1.82, 2.24) is 4.90 Å². The predicted molar refractivity (Wildman–Crippen MR) is 132 cm³/mol. The maximum atomic E-state index is 13.1. The summed E-state index contributed by atoms with van der Waals surface area (Å²) in [6.07, 6.45) is 2.46. The maximum absolute atomic E-state index is 13.1. The van der Waals surface area contributed by atoms with Gasteiger partial charge in [-0.3, -0.25) is 4.79 Å². The van der Waals surface area contributed by atoms with E-state index in [1.54, 1.807) is 7.11 Å². The Morgan fingerprint density at radius 2 is 1.62 bits per heavy atom. The van der Waals surface area contributed by atoms with Crippen LogP contribution in [0.5, 0.6) is 11.5 Å². The second-order valence-electron chi connectivity index (χ2n) is 8.48.